The van der Waals surface area contributed by atoms with Crippen molar-refractivity contribution in [1.29, 1.82) is 0 Å². The Morgan fingerprint density at radius 1 is 1.29 bits per heavy atom. The Kier molecular flexibility index (Phi) is 6.49. The van der Waals surface area contributed by atoms with Gasteiger partial charge in [0.2, 0.25) is 0 Å². The van der Waals surface area contributed by atoms with E-state index in [0.29, 0.717) is 24.5 Å². The Balaban J connectivity index is 1.62. The molecule has 7 heteroatoms. The van der Waals surface area contributed by atoms with Crippen molar-refractivity contribution in [2.75, 3.05) is 20.6 Å². The average Bonchev–Trinajstić information content (AvgIpc) is 3.31. The van der Waals surface area contributed by atoms with Crippen LogP contribution in [0.5, 0.6) is 5.75 Å². The van der Waals surface area contributed by atoms with Gasteiger partial charge in [0.25, 0.3) is 5.91 Å². The highest BCUT2D eigenvalue weighted by atomic mass is 32.1. The molecular weight excluding hydrogens is 374 g/mol. The Hall–Kier alpha value is -2.64. The molecule has 0 unspecified atom stereocenters. The molecule has 2 aromatic heterocycles. The summed E-state index contributed by atoms with van der Waals surface area (Å²) in [5.74, 6) is 1.26. The summed E-state index contributed by atoms with van der Waals surface area (Å²) >= 11 is 1.69. The summed E-state index contributed by atoms with van der Waals surface area (Å²) in [6, 6.07) is 11.5. The van der Waals surface area contributed by atoms with Crippen molar-refractivity contribution in [3.05, 3.63) is 69.2 Å². The second-order valence-corrected chi connectivity index (χ2v) is 7.80. The Morgan fingerprint density at radius 2 is 2.11 bits per heavy atom. The molecule has 1 aromatic carbocycles. The number of carbonyl (C=O) groups excluding carboxylic acids is 1. The van der Waals surface area contributed by atoms with Crippen molar-refractivity contribution in [1.82, 2.24) is 15.4 Å². The third-order valence-corrected chi connectivity index (χ3v) is 5.59. The highest BCUT2D eigenvalue weighted by Crippen LogP contribution is 2.23. The van der Waals surface area contributed by atoms with E-state index in [9.17, 15) is 4.79 Å². The first kappa shape index (κ1) is 20.1. The highest BCUT2D eigenvalue weighted by Gasteiger charge is 2.17. The third kappa shape index (κ3) is 4.79. The van der Waals surface area contributed by atoms with E-state index in [1.165, 1.54) is 4.88 Å². The first-order valence-electron chi connectivity index (χ1n) is 9.08. The van der Waals surface area contributed by atoms with Crippen LogP contribution in [-0.4, -0.2) is 36.6 Å². The summed E-state index contributed by atoms with van der Waals surface area (Å²) in [4.78, 5) is 16.0. The van der Waals surface area contributed by atoms with E-state index in [0.717, 1.165) is 17.0 Å². The molecule has 6 nitrogen and oxygen atoms in total. The molecule has 3 rings (SSSR count). The summed E-state index contributed by atoms with van der Waals surface area (Å²) in [7, 11) is 4.03. The van der Waals surface area contributed by atoms with Gasteiger partial charge in [0.05, 0.1) is 17.3 Å². The smallest absolute Gasteiger partial charge is 0.251 e. The minimum atomic E-state index is -0.119. The fourth-order valence-electron chi connectivity index (χ4n) is 2.90. The van der Waals surface area contributed by atoms with Crippen LogP contribution in [0.1, 0.15) is 38.3 Å². The lowest BCUT2D eigenvalue weighted by Crippen LogP contribution is -2.34. The number of nitrogens with one attached hydrogen (secondary N) is 1. The number of thiophene rings is 1. The fraction of sp³-hybridized carbons (Fsp3) is 0.333. The lowest BCUT2D eigenvalue weighted by Gasteiger charge is -2.23. The van der Waals surface area contributed by atoms with Gasteiger partial charge in [0.15, 0.2) is 0 Å². The second-order valence-electron chi connectivity index (χ2n) is 6.82. The van der Waals surface area contributed by atoms with Crippen molar-refractivity contribution in [3.8, 4) is 5.75 Å². The number of likely N-dealkylation sites (N-methyl/N-ethyl adjacent to an activating group) is 1. The maximum absolute atomic E-state index is 12.6. The van der Waals surface area contributed by atoms with Gasteiger partial charge in [-0.15, -0.1) is 11.3 Å². The second kappa shape index (κ2) is 9.03. The molecule has 0 aliphatic heterocycles. The fourth-order valence-corrected chi connectivity index (χ4v) is 3.82. The van der Waals surface area contributed by atoms with Crippen molar-refractivity contribution in [3.63, 3.8) is 0 Å². The summed E-state index contributed by atoms with van der Waals surface area (Å²) in [5, 5.41) is 9.01. The molecule has 1 atom stereocenters. The number of aromatic nitrogens is 1. The molecule has 0 saturated carbocycles. The largest absolute Gasteiger partial charge is 0.489 e. The normalized spacial score (nSPS) is 12.2. The van der Waals surface area contributed by atoms with E-state index in [2.05, 4.69) is 21.4 Å². The van der Waals surface area contributed by atoms with Crippen molar-refractivity contribution >= 4 is 17.2 Å². The van der Waals surface area contributed by atoms with Gasteiger partial charge < -0.3 is 19.5 Å². The topological polar surface area (TPSA) is 67.6 Å². The number of benzene rings is 1. The summed E-state index contributed by atoms with van der Waals surface area (Å²) in [6.07, 6.45) is 0. The summed E-state index contributed by atoms with van der Waals surface area (Å²) < 4.78 is 11.0. The van der Waals surface area contributed by atoms with Crippen LogP contribution >= 0.6 is 11.3 Å². The van der Waals surface area contributed by atoms with E-state index < -0.39 is 0 Å². The molecule has 1 N–H and O–H groups in total. The van der Waals surface area contributed by atoms with Crippen LogP contribution < -0.4 is 10.1 Å². The van der Waals surface area contributed by atoms with Crippen LogP contribution in [-0.2, 0) is 6.61 Å². The van der Waals surface area contributed by atoms with Crippen LogP contribution in [0.4, 0.5) is 0 Å². The molecule has 0 radical (unpaired) electrons. The van der Waals surface area contributed by atoms with Gasteiger partial charge in [-0.25, -0.2) is 0 Å². The molecule has 2 heterocycles. The molecule has 148 valence electrons. The lowest BCUT2D eigenvalue weighted by molar-refractivity contribution is 0.0941. The van der Waals surface area contributed by atoms with E-state index >= 15 is 0 Å². The summed E-state index contributed by atoms with van der Waals surface area (Å²) in [6.45, 7) is 4.63. The molecule has 0 saturated heterocycles. The number of hydrogen-bond donors (Lipinski definition) is 1. The molecule has 0 fully saturated rings. The molecule has 1 amide bonds. The van der Waals surface area contributed by atoms with Crippen LogP contribution in [0, 0.1) is 13.8 Å². The molecular formula is C21H25N3O3S. The molecule has 3 aromatic rings. The van der Waals surface area contributed by atoms with Crippen LogP contribution in [0.2, 0.25) is 0 Å². The molecule has 0 bridgehead atoms. The minimum absolute atomic E-state index is 0.119. The maximum atomic E-state index is 12.6. The van der Waals surface area contributed by atoms with E-state index in [1.54, 1.807) is 23.5 Å². The minimum Gasteiger partial charge on any atom is -0.489 e. The van der Waals surface area contributed by atoms with Crippen molar-refractivity contribution in [2.45, 2.75) is 26.5 Å². The van der Waals surface area contributed by atoms with E-state index in [1.807, 2.05) is 51.5 Å². The number of amides is 1. The van der Waals surface area contributed by atoms with E-state index in [-0.39, 0.29) is 11.9 Å². The van der Waals surface area contributed by atoms with Crippen molar-refractivity contribution in [2.24, 2.45) is 0 Å². The van der Waals surface area contributed by atoms with Crippen LogP contribution in [0.25, 0.3) is 0 Å². The van der Waals surface area contributed by atoms with Crippen LogP contribution in [0.15, 0.2) is 46.3 Å². The zero-order valence-corrected chi connectivity index (χ0v) is 17.4. The van der Waals surface area contributed by atoms with Gasteiger partial charge in [-0.2, -0.15) is 0 Å². The molecule has 0 aliphatic carbocycles. The van der Waals surface area contributed by atoms with Crippen molar-refractivity contribution < 1.29 is 14.1 Å². The van der Waals surface area contributed by atoms with Gasteiger partial charge in [-0.05, 0) is 57.6 Å². The zero-order chi connectivity index (χ0) is 20.1. The number of carbonyl (C=O) groups is 1. The monoisotopic (exact) mass is 399 g/mol. The highest BCUT2D eigenvalue weighted by molar-refractivity contribution is 7.10. The Morgan fingerprint density at radius 3 is 2.75 bits per heavy atom. The molecule has 0 aliphatic rings. The molecule has 0 spiro atoms. The quantitative estimate of drug-likeness (QED) is 0.621. The maximum Gasteiger partial charge on any atom is 0.251 e. The molecule has 28 heavy (non-hydrogen) atoms. The number of hydrogen-bond acceptors (Lipinski definition) is 6. The van der Waals surface area contributed by atoms with Gasteiger partial charge in [-0.3, -0.25) is 4.79 Å². The third-order valence-electron chi connectivity index (χ3n) is 4.61. The lowest BCUT2D eigenvalue weighted by atomic mass is 10.1. The summed E-state index contributed by atoms with van der Waals surface area (Å²) in [5.41, 5.74) is 2.31. The van der Waals surface area contributed by atoms with Gasteiger partial charge in [-0.1, -0.05) is 17.3 Å². The van der Waals surface area contributed by atoms with Gasteiger partial charge in [0.1, 0.15) is 18.1 Å². The van der Waals surface area contributed by atoms with Gasteiger partial charge in [0, 0.05) is 17.0 Å². The number of rotatable bonds is 8. The standard InChI is InChI=1S/C21H25N3O3S/c1-14-18(15(2)27-23-14)13-26-17-8-5-7-16(11-17)21(25)22-12-19(24(3)4)20-9-6-10-28-20/h5-11,19H,12-13H2,1-4H3,(H,22,25)/t19-/m0/s1. The first-order chi connectivity index (χ1) is 13.5. The zero-order valence-electron chi connectivity index (χ0n) is 16.6. The number of aryl methyl sites for hydroxylation is 2. The van der Waals surface area contributed by atoms with Crippen LogP contribution in [0.3, 0.4) is 0 Å². The van der Waals surface area contributed by atoms with E-state index in [4.69, 9.17) is 9.26 Å². The number of ether oxygens (including phenoxy) is 1. The average molecular weight is 400 g/mol. The Labute approximate surface area is 169 Å². The predicted octanol–water partition coefficient (Wildman–Crippen LogP) is 3.96. The first-order valence-corrected chi connectivity index (χ1v) is 9.96. The SMILES string of the molecule is Cc1noc(C)c1COc1cccc(C(=O)NC[C@@H](c2cccs2)N(C)C)c1. The Bertz CT molecular complexity index is 899. The van der Waals surface area contributed by atoms with Gasteiger partial charge >= 0.3 is 0 Å². The number of nitrogens with zero attached hydrogens (tertiary/aromatic N) is 2. The predicted molar refractivity (Wildman–Crippen MR) is 110 cm³/mol.